The Kier molecular flexibility index (Phi) is 7.86. The van der Waals surface area contributed by atoms with Crippen LogP contribution >= 0.6 is 0 Å². The average Bonchev–Trinajstić information content (AvgIpc) is 2.56. The first-order valence-corrected chi connectivity index (χ1v) is 9.87. The fourth-order valence-electron chi connectivity index (χ4n) is 2.49. The van der Waals surface area contributed by atoms with Crippen LogP contribution in [0.5, 0.6) is 0 Å². The molecular formula is C17H29N3O3S. The monoisotopic (exact) mass is 355 g/mol. The van der Waals surface area contributed by atoms with Crippen molar-refractivity contribution in [3.63, 3.8) is 0 Å². The maximum Gasteiger partial charge on any atom is 0.243 e. The smallest absolute Gasteiger partial charge is 0.243 e. The summed E-state index contributed by atoms with van der Waals surface area (Å²) >= 11 is 0. The van der Waals surface area contributed by atoms with Crippen LogP contribution < -0.4 is 11.1 Å². The standard InChI is InChI=1S/C17H29N3O3S/c1-5-8-16(18)17(21)19-13(4)14-9-11-15(12-10-14)24(22,23)20(6-2)7-3/h9-13,16H,5-8,18H2,1-4H3,(H,19,21). The van der Waals surface area contributed by atoms with Gasteiger partial charge in [-0.05, 0) is 31.0 Å². The van der Waals surface area contributed by atoms with E-state index in [-0.39, 0.29) is 16.8 Å². The van der Waals surface area contributed by atoms with Crippen molar-refractivity contribution in [3.05, 3.63) is 29.8 Å². The number of nitrogens with two attached hydrogens (primary N) is 1. The molecule has 0 aromatic heterocycles. The Morgan fingerprint density at radius 2 is 1.71 bits per heavy atom. The first kappa shape index (κ1) is 20.6. The molecule has 0 saturated carbocycles. The van der Waals surface area contributed by atoms with Crippen LogP contribution in [0.2, 0.25) is 0 Å². The lowest BCUT2D eigenvalue weighted by molar-refractivity contribution is -0.123. The minimum Gasteiger partial charge on any atom is -0.348 e. The van der Waals surface area contributed by atoms with Gasteiger partial charge in [0.15, 0.2) is 0 Å². The van der Waals surface area contributed by atoms with E-state index < -0.39 is 16.1 Å². The predicted molar refractivity (Wildman–Crippen MR) is 96.0 cm³/mol. The molecule has 1 aromatic rings. The highest BCUT2D eigenvalue weighted by molar-refractivity contribution is 7.89. The first-order valence-electron chi connectivity index (χ1n) is 8.43. The van der Waals surface area contributed by atoms with E-state index in [9.17, 15) is 13.2 Å². The third kappa shape index (κ3) is 5.03. The second-order valence-corrected chi connectivity index (χ2v) is 7.72. The van der Waals surface area contributed by atoms with Gasteiger partial charge in [0.05, 0.1) is 17.0 Å². The minimum atomic E-state index is -3.46. The van der Waals surface area contributed by atoms with Crippen LogP contribution in [0.1, 0.15) is 52.1 Å². The number of hydrogen-bond donors (Lipinski definition) is 2. The van der Waals surface area contributed by atoms with Crippen molar-refractivity contribution < 1.29 is 13.2 Å². The van der Waals surface area contributed by atoms with Crippen LogP contribution in [-0.4, -0.2) is 37.8 Å². The number of carbonyl (C=O) groups is 1. The zero-order valence-corrected chi connectivity index (χ0v) is 15.8. The van der Waals surface area contributed by atoms with Crippen LogP contribution in [0, 0.1) is 0 Å². The van der Waals surface area contributed by atoms with E-state index in [2.05, 4.69) is 5.32 Å². The fraction of sp³-hybridized carbons (Fsp3) is 0.588. The van der Waals surface area contributed by atoms with E-state index in [1.54, 1.807) is 24.3 Å². The van der Waals surface area contributed by atoms with E-state index in [4.69, 9.17) is 5.73 Å². The predicted octanol–water partition coefficient (Wildman–Crippen LogP) is 2.02. The number of nitrogens with zero attached hydrogens (tertiary/aromatic N) is 1. The minimum absolute atomic E-state index is 0.191. The van der Waals surface area contributed by atoms with Gasteiger partial charge < -0.3 is 11.1 Å². The molecule has 0 heterocycles. The Morgan fingerprint density at radius 1 is 1.17 bits per heavy atom. The van der Waals surface area contributed by atoms with E-state index in [0.29, 0.717) is 19.5 Å². The molecule has 0 aliphatic carbocycles. The third-order valence-electron chi connectivity index (χ3n) is 4.02. The van der Waals surface area contributed by atoms with Crippen LogP contribution in [0.3, 0.4) is 0 Å². The quantitative estimate of drug-likeness (QED) is 0.709. The summed E-state index contributed by atoms with van der Waals surface area (Å²) in [7, 11) is -3.46. The molecule has 3 N–H and O–H groups in total. The van der Waals surface area contributed by atoms with Crippen molar-refractivity contribution in [3.8, 4) is 0 Å². The van der Waals surface area contributed by atoms with Gasteiger partial charge in [-0.2, -0.15) is 4.31 Å². The normalized spacial score (nSPS) is 14.4. The average molecular weight is 356 g/mol. The summed E-state index contributed by atoms with van der Waals surface area (Å²) in [6.07, 6.45) is 1.49. The summed E-state index contributed by atoms with van der Waals surface area (Å²) in [5.41, 5.74) is 6.64. The van der Waals surface area contributed by atoms with Crippen LogP contribution in [0.15, 0.2) is 29.2 Å². The number of amides is 1. The Balaban J connectivity index is 2.85. The Bertz CT molecular complexity index is 625. The fourth-order valence-corrected chi connectivity index (χ4v) is 3.94. The highest BCUT2D eigenvalue weighted by Crippen LogP contribution is 2.19. The summed E-state index contributed by atoms with van der Waals surface area (Å²) in [6, 6.07) is 5.87. The third-order valence-corrected chi connectivity index (χ3v) is 6.08. The Labute approximate surface area is 145 Å². The maximum absolute atomic E-state index is 12.5. The van der Waals surface area contributed by atoms with Gasteiger partial charge in [0.2, 0.25) is 15.9 Å². The highest BCUT2D eigenvalue weighted by Gasteiger charge is 2.22. The van der Waals surface area contributed by atoms with E-state index in [1.165, 1.54) is 4.31 Å². The summed E-state index contributed by atoms with van der Waals surface area (Å²) in [5, 5.41) is 2.86. The summed E-state index contributed by atoms with van der Waals surface area (Å²) < 4.78 is 26.3. The van der Waals surface area contributed by atoms with Crippen molar-refractivity contribution in [2.45, 2.75) is 57.5 Å². The van der Waals surface area contributed by atoms with Crippen molar-refractivity contribution in [1.29, 1.82) is 0 Å². The SMILES string of the molecule is CCCC(N)C(=O)NC(C)c1ccc(S(=O)(=O)N(CC)CC)cc1. The van der Waals surface area contributed by atoms with E-state index in [1.807, 2.05) is 27.7 Å². The van der Waals surface area contributed by atoms with Gasteiger partial charge in [-0.15, -0.1) is 0 Å². The molecule has 0 radical (unpaired) electrons. The molecule has 0 aliphatic heterocycles. The van der Waals surface area contributed by atoms with Gasteiger partial charge in [0.25, 0.3) is 0 Å². The number of nitrogens with one attached hydrogen (secondary N) is 1. The second kappa shape index (κ2) is 9.15. The topological polar surface area (TPSA) is 92.5 Å². The molecule has 1 rings (SSSR count). The molecule has 2 unspecified atom stereocenters. The number of hydrogen-bond acceptors (Lipinski definition) is 4. The number of rotatable bonds is 9. The van der Waals surface area contributed by atoms with Crippen molar-refractivity contribution >= 4 is 15.9 Å². The summed E-state index contributed by atoms with van der Waals surface area (Å²) in [6.45, 7) is 8.32. The molecular weight excluding hydrogens is 326 g/mol. The Morgan fingerprint density at radius 3 is 2.17 bits per heavy atom. The van der Waals surface area contributed by atoms with Gasteiger partial charge in [-0.3, -0.25) is 4.79 Å². The lowest BCUT2D eigenvalue weighted by atomic mass is 10.1. The molecule has 0 fully saturated rings. The zero-order valence-electron chi connectivity index (χ0n) is 15.0. The van der Waals surface area contributed by atoms with Crippen LogP contribution in [-0.2, 0) is 14.8 Å². The molecule has 2 atom stereocenters. The summed E-state index contributed by atoms with van der Waals surface area (Å²) in [4.78, 5) is 12.2. The summed E-state index contributed by atoms with van der Waals surface area (Å²) in [5.74, 6) is -0.191. The maximum atomic E-state index is 12.5. The van der Waals surface area contributed by atoms with Gasteiger partial charge >= 0.3 is 0 Å². The molecule has 7 heteroatoms. The molecule has 24 heavy (non-hydrogen) atoms. The molecule has 0 spiro atoms. The lowest BCUT2D eigenvalue weighted by Crippen LogP contribution is -2.41. The van der Waals surface area contributed by atoms with E-state index >= 15 is 0 Å². The van der Waals surface area contributed by atoms with Crippen LogP contribution in [0.25, 0.3) is 0 Å². The van der Waals surface area contributed by atoms with Gasteiger partial charge in [0.1, 0.15) is 0 Å². The van der Waals surface area contributed by atoms with Gasteiger partial charge in [-0.1, -0.05) is 39.3 Å². The molecule has 0 bridgehead atoms. The lowest BCUT2D eigenvalue weighted by Gasteiger charge is -2.20. The molecule has 1 amide bonds. The zero-order chi connectivity index (χ0) is 18.3. The van der Waals surface area contributed by atoms with Crippen molar-refractivity contribution in [2.24, 2.45) is 5.73 Å². The number of benzene rings is 1. The number of carbonyl (C=O) groups excluding carboxylic acids is 1. The molecule has 6 nitrogen and oxygen atoms in total. The molecule has 0 saturated heterocycles. The Hall–Kier alpha value is -1.44. The van der Waals surface area contributed by atoms with Crippen LogP contribution in [0.4, 0.5) is 0 Å². The van der Waals surface area contributed by atoms with Crippen molar-refractivity contribution in [2.75, 3.05) is 13.1 Å². The highest BCUT2D eigenvalue weighted by atomic mass is 32.2. The molecule has 136 valence electrons. The largest absolute Gasteiger partial charge is 0.348 e. The number of sulfonamides is 1. The molecule has 0 aliphatic rings. The molecule has 1 aromatic carbocycles. The second-order valence-electron chi connectivity index (χ2n) is 5.78. The van der Waals surface area contributed by atoms with Gasteiger partial charge in [0, 0.05) is 13.1 Å². The van der Waals surface area contributed by atoms with E-state index in [0.717, 1.165) is 12.0 Å². The van der Waals surface area contributed by atoms with Gasteiger partial charge in [-0.25, -0.2) is 8.42 Å². The van der Waals surface area contributed by atoms with Crippen molar-refractivity contribution in [1.82, 2.24) is 9.62 Å². The first-order chi connectivity index (χ1) is 11.3.